The number of hydrogen-bond donors (Lipinski definition) is 2. The van der Waals surface area contributed by atoms with Gasteiger partial charge < -0.3 is 4.98 Å². The highest BCUT2D eigenvalue weighted by molar-refractivity contribution is 5.28. The Morgan fingerprint density at radius 2 is 1.65 bits per heavy atom. The van der Waals surface area contributed by atoms with Crippen molar-refractivity contribution >= 4 is 0 Å². The van der Waals surface area contributed by atoms with Gasteiger partial charge >= 0.3 is 5.69 Å². The van der Waals surface area contributed by atoms with E-state index in [0.29, 0.717) is 5.56 Å². The fourth-order valence-electron chi connectivity index (χ4n) is 2.01. The summed E-state index contributed by atoms with van der Waals surface area (Å²) < 4.78 is 0. The summed E-state index contributed by atoms with van der Waals surface area (Å²) >= 11 is 0. The molecule has 0 aliphatic carbocycles. The molecule has 0 amide bonds. The molecule has 0 fully saturated rings. The average Bonchev–Trinajstić information content (AvgIpc) is 2.43. The van der Waals surface area contributed by atoms with Crippen molar-refractivity contribution in [3.8, 4) is 11.8 Å². The van der Waals surface area contributed by atoms with Crippen molar-refractivity contribution in [1.82, 2.24) is 9.97 Å². The van der Waals surface area contributed by atoms with Crippen molar-refractivity contribution in [2.24, 2.45) is 0 Å². The maximum Gasteiger partial charge on any atom is 0.325 e. The average molecular weight is 276 g/mol. The van der Waals surface area contributed by atoms with E-state index in [4.69, 9.17) is 0 Å². The second kappa shape index (κ2) is 10.1. The lowest BCUT2D eigenvalue weighted by atomic mass is 10.1. The third kappa shape index (κ3) is 6.98. The molecule has 0 unspecified atom stereocenters. The lowest BCUT2D eigenvalue weighted by Gasteiger charge is -1.99. The zero-order valence-corrected chi connectivity index (χ0v) is 12.3. The Labute approximate surface area is 120 Å². The van der Waals surface area contributed by atoms with Gasteiger partial charge in [-0.15, -0.1) is 0 Å². The van der Waals surface area contributed by atoms with Gasteiger partial charge in [-0.25, -0.2) is 4.79 Å². The predicted molar refractivity (Wildman–Crippen MR) is 81.8 cm³/mol. The highest BCUT2D eigenvalue weighted by Gasteiger charge is 1.94. The first-order valence-electron chi connectivity index (χ1n) is 7.55. The molecule has 1 rings (SSSR count). The van der Waals surface area contributed by atoms with Crippen LogP contribution in [-0.4, -0.2) is 9.97 Å². The topological polar surface area (TPSA) is 65.7 Å². The van der Waals surface area contributed by atoms with Crippen LogP contribution in [0.3, 0.4) is 0 Å². The lowest BCUT2D eigenvalue weighted by molar-refractivity contribution is 0.579. The number of H-pyrrole nitrogens is 2. The third-order valence-corrected chi connectivity index (χ3v) is 3.20. The van der Waals surface area contributed by atoms with E-state index >= 15 is 0 Å². The molecule has 2 N–H and O–H groups in total. The summed E-state index contributed by atoms with van der Waals surface area (Å²) in [6.45, 7) is 2.23. The van der Waals surface area contributed by atoms with Crippen LogP contribution in [0.1, 0.15) is 70.3 Å². The van der Waals surface area contributed by atoms with Gasteiger partial charge in [0.05, 0.1) is 0 Å². The van der Waals surface area contributed by atoms with Gasteiger partial charge in [0, 0.05) is 12.6 Å². The van der Waals surface area contributed by atoms with Crippen LogP contribution in [0.25, 0.3) is 0 Å². The van der Waals surface area contributed by atoms with Gasteiger partial charge in [-0.1, -0.05) is 63.7 Å². The molecule has 0 aliphatic heterocycles. The largest absolute Gasteiger partial charge is 0.325 e. The van der Waals surface area contributed by atoms with Crippen LogP contribution in [0.15, 0.2) is 15.8 Å². The first kappa shape index (κ1) is 16.3. The molecule has 0 saturated heterocycles. The van der Waals surface area contributed by atoms with Crippen LogP contribution >= 0.6 is 0 Å². The Hall–Kier alpha value is -1.76. The molecule has 1 aromatic heterocycles. The molecule has 110 valence electrons. The van der Waals surface area contributed by atoms with E-state index in [0.717, 1.165) is 12.8 Å². The SMILES string of the molecule is CCCCCCCCCCC#Cc1c[nH]c(=O)[nH]c1=O. The number of hydrogen-bond acceptors (Lipinski definition) is 2. The maximum atomic E-state index is 11.4. The third-order valence-electron chi connectivity index (χ3n) is 3.20. The van der Waals surface area contributed by atoms with E-state index in [-0.39, 0.29) is 0 Å². The van der Waals surface area contributed by atoms with E-state index in [9.17, 15) is 9.59 Å². The molecule has 0 spiro atoms. The van der Waals surface area contributed by atoms with Gasteiger partial charge in [-0.05, 0) is 6.42 Å². The van der Waals surface area contributed by atoms with Crippen molar-refractivity contribution in [2.45, 2.75) is 64.7 Å². The fraction of sp³-hybridized carbons (Fsp3) is 0.625. The van der Waals surface area contributed by atoms with E-state index < -0.39 is 11.2 Å². The highest BCUT2D eigenvalue weighted by atomic mass is 16.2. The number of nitrogens with one attached hydrogen (secondary N) is 2. The molecule has 0 bridgehead atoms. The first-order valence-corrected chi connectivity index (χ1v) is 7.55. The Morgan fingerprint density at radius 1 is 1.00 bits per heavy atom. The van der Waals surface area contributed by atoms with Gasteiger partial charge in [0.2, 0.25) is 0 Å². The number of unbranched alkanes of at least 4 members (excludes halogenated alkanes) is 8. The summed E-state index contributed by atoms with van der Waals surface area (Å²) in [5, 5.41) is 0. The van der Waals surface area contributed by atoms with Crippen LogP contribution in [0.4, 0.5) is 0 Å². The summed E-state index contributed by atoms with van der Waals surface area (Å²) in [7, 11) is 0. The number of aromatic amines is 2. The van der Waals surface area contributed by atoms with Gasteiger partial charge in [0.15, 0.2) is 0 Å². The molecule has 20 heavy (non-hydrogen) atoms. The molecule has 0 saturated carbocycles. The Balaban J connectivity index is 2.14. The molecule has 1 heterocycles. The van der Waals surface area contributed by atoms with Gasteiger partial charge in [-0.2, -0.15) is 0 Å². The zero-order valence-electron chi connectivity index (χ0n) is 12.3. The minimum Gasteiger partial charge on any atom is -0.313 e. The Morgan fingerprint density at radius 3 is 2.30 bits per heavy atom. The summed E-state index contributed by atoms with van der Waals surface area (Å²) in [6, 6.07) is 0. The predicted octanol–water partition coefficient (Wildman–Crippen LogP) is 2.95. The van der Waals surface area contributed by atoms with E-state index in [1.54, 1.807) is 0 Å². The first-order chi connectivity index (χ1) is 9.74. The molecule has 4 heteroatoms. The standard InChI is InChI=1S/C16H24N2O2/c1-2-3-4-5-6-7-8-9-10-11-12-14-13-17-16(20)18-15(14)19/h13H,2-10H2,1H3,(H2,17,18,19,20). The fourth-order valence-corrected chi connectivity index (χ4v) is 2.01. The second-order valence-corrected chi connectivity index (χ2v) is 5.01. The van der Waals surface area contributed by atoms with Crippen LogP contribution in [0.5, 0.6) is 0 Å². The highest BCUT2D eigenvalue weighted by Crippen LogP contribution is 2.09. The Bertz CT molecular complexity index is 546. The minimum absolute atomic E-state index is 0.323. The monoisotopic (exact) mass is 276 g/mol. The zero-order chi connectivity index (χ0) is 14.6. The van der Waals surface area contributed by atoms with E-state index in [2.05, 4.69) is 28.7 Å². The molecule has 1 aromatic rings. The lowest BCUT2D eigenvalue weighted by Crippen LogP contribution is -2.23. The van der Waals surface area contributed by atoms with Crippen molar-refractivity contribution in [3.63, 3.8) is 0 Å². The molecule has 0 aliphatic rings. The van der Waals surface area contributed by atoms with Crippen molar-refractivity contribution in [3.05, 3.63) is 32.6 Å². The van der Waals surface area contributed by atoms with Crippen LogP contribution in [0, 0.1) is 11.8 Å². The summed E-state index contributed by atoms with van der Waals surface area (Å²) in [5.74, 6) is 5.78. The molecule has 4 nitrogen and oxygen atoms in total. The quantitative estimate of drug-likeness (QED) is 0.566. The van der Waals surface area contributed by atoms with Crippen molar-refractivity contribution in [1.29, 1.82) is 0 Å². The van der Waals surface area contributed by atoms with Crippen LogP contribution < -0.4 is 11.2 Å². The summed E-state index contributed by atoms with van der Waals surface area (Å²) in [4.78, 5) is 26.7. The van der Waals surface area contributed by atoms with Crippen molar-refractivity contribution in [2.75, 3.05) is 0 Å². The smallest absolute Gasteiger partial charge is 0.313 e. The molecule has 0 atom stereocenters. The molecule has 0 radical (unpaired) electrons. The Kier molecular flexibility index (Phi) is 8.21. The van der Waals surface area contributed by atoms with Gasteiger partial charge in [0.25, 0.3) is 5.56 Å². The number of rotatable bonds is 8. The minimum atomic E-state index is -0.497. The molecule has 0 aromatic carbocycles. The van der Waals surface area contributed by atoms with E-state index in [1.165, 1.54) is 51.1 Å². The van der Waals surface area contributed by atoms with Crippen LogP contribution in [-0.2, 0) is 0 Å². The number of aromatic nitrogens is 2. The van der Waals surface area contributed by atoms with Gasteiger partial charge in [0.1, 0.15) is 5.56 Å². The summed E-state index contributed by atoms with van der Waals surface area (Å²) in [5.41, 5.74) is -0.593. The maximum absolute atomic E-state index is 11.4. The van der Waals surface area contributed by atoms with Gasteiger partial charge in [-0.3, -0.25) is 9.78 Å². The summed E-state index contributed by atoms with van der Waals surface area (Å²) in [6.07, 6.45) is 12.3. The molecular weight excluding hydrogens is 252 g/mol. The normalized spacial score (nSPS) is 10.1. The van der Waals surface area contributed by atoms with E-state index in [1.807, 2.05) is 0 Å². The second-order valence-electron chi connectivity index (χ2n) is 5.01. The van der Waals surface area contributed by atoms with Crippen molar-refractivity contribution < 1.29 is 0 Å². The molecular formula is C16H24N2O2. The van der Waals surface area contributed by atoms with Crippen LogP contribution in [0.2, 0.25) is 0 Å².